The predicted molar refractivity (Wildman–Crippen MR) is 79.6 cm³/mol. The van der Waals surface area contributed by atoms with Gasteiger partial charge in [0.25, 0.3) is 0 Å². The van der Waals surface area contributed by atoms with Gasteiger partial charge < -0.3 is 10.6 Å². The SMILES string of the molecule is CSCC(C)N(C)CC1(CN)CCCC(C)C1. The first-order valence-corrected chi connectivity index (χ1v) is 8.31. The Morgan fingerprint density at radius 3 is 2.76 bits per heavy atom. The van der Waals surface area contributed by atoms with Gasteiger partial charge in [0.15, 0.2) is 0 Å². The molecule has 0 saturated heterocycles. The lowest BCUT2D eigenvalue weighted by Gasteiger charge is -2.43. The third-order valence-corrected chi connectivity index (χ3v) is 5.18. The Balaban J connectivity index is 2.55. The fourth-order valence-corrected chi connectivity index (χ4v) is 3.95. The van der Waals surface area contributed by atoms with Crippen LogP contribution in [0.25, 0.3) is 0 Å². The van der Waals surface area contributed by atoms with Gasteiger partial charge in [-0.25, -0.2) is 0 Å². The van der Waals surface area contributed by atoms with Crippen LogP contribution in [0.4, 0.5) is 0 Å². The molecule has 17 heavy (non-hydrogen) atoms. The fraction of sp³-hybridized carbons (Fsp3) is 1.00. The van der Waals surface area contributed by atoms with Gasteiger partial charge >= 0.3 is 0 Å². The Labute approximate surface area is 112 Å². The second-order valence-corrected chi connectivity index (χ2v) is 7.04. The quantitative estimate of drug-likeness (QED) is 0.794. The van der Waals surface area contributed by atoms with Gasteiger partial charge in [0, 0.05) is 18.3 Å². The van der Waals surface area contributed by atoms with Gasteiger partial charge in [0.2, 0.25) is 0 Å². The largest absolute Gasteiger partial charge is 0.330 e. The molecule has 1 aliphatic rings. The highest BCUT2D eigenvalue weighted by Crippen LogP contribution is 2.39. The Morgan fingerprint density at radius 1 is 1.53 bits per heavy atom. The molecule has 0 spiro atoms. The highest BCUT2D eigenvalue weighted by atomic mass is 32.2. The Bertz CT molecular complexity index is 222. The first-order valence-electron chi connectivity index (χ1n) is 6.92. The molecule has 3 unspecified atom stereocenters. The molecule has 0 amide bonds. The molecule has 0 aromatic heterocycles. The van der Waals surface area contributed by atoms with E-state index in [0.717, 1.165) is 12.5 Å². The maximum absolute atomic E-state index is 6.09. The van der Waals surface area contributed by atoms with Crippen molar-refractivity contribution in [3.05, 3.63) is 0 Å². The van der Waals surface area contributed by atoms with E-state index in [0.29, 0.717) is 11.5 Å². The second-order valence-electron chi connectivity index (χ2n) is 6.13. The molecule has 2 nitrogen and oxygen atoms in total. The Hall–Kier alpha value is 0.270. The molecule has 0 aromatic carbocycles. The third kappa shape index (κ3) is 4.46. The maximum atomic E-state index is 6.09. The minimum Gasteiger partial charge on any atom is -0.330 e. The van der Waals surface area contributed by atoms with Gasteiger partial charge in [-0.3, -0.25) is 0 Å². The Kier molecular flexibility index (Phi) is 6.32. The fourth-order valence-electron chi connectivity index (χ4n) is 3.22. The van der Waals surface area contributed by atoms with Crippen molar-refractivity contribution in [2.45, 2.75) is 45.6 Å². The summed E-state index contributed by atoms with van der Waals surface area (Å²) >= 11 is 1.93. The zero-order valence-corrected chi connectivity index (χ0v) is 12.9. The molecule has 0 bridgehead atoms. The average Bonchev–Trinajstić information content (AvgIpc) is 2.29. The van der Waals surface area contributed by atoms with E-state index >= 15 is 0 Å². The predicted octanol–water partition coefficient (Wildman–Crippen LogP) is 2.82. The van der Waals surface area contributed by atoms with E-state index in [1.165, 1.54) is 38.0 Å². The van der Waals surface area contributed by atoms with Crippen LogP contribution in [0.5, 0.6) is 0 Å². The molecular weight excluding hydrogens is 228 g/mol. The molecule has 1 saturated carbocycles. The van der Waals surface area contributed by atoms with Crippen LogP contribution in [-0.4, -0.2) is 43.1 Å². The summed E-state index contributed by atoms with van der Waals surface area (Å²) in [6.07, 6.45) is 7.59. The molecule has 0 aromatic rings. The van der Waals surface area contributed by atoms with E-state index in [1.807, 2.05) is 11.8 Å². The number of hydrogen-bond acceptors (Lipinski definition) is 3. The Morgan fingerprint density at radius 2 is 2.24 bits per heavy atom. The molecule has 0 heterocycles. The van der Waals surface area contributed by atoms with E-state index in [4.69, 9.17) is 5.73 Å². The zero-order valence-electron chi connectivity index (χ0n) is 12.0. The van der Waals surface area contributed by atoms with E-state index in [2.05, 4.69) is 32.1 Å². The molecule has 102 valence electrons. The molecular formula is C14H30N2S. The number of nitrogens with two attached hydrogens (primary N) is 1. The second kappa shape index (κ2) is 7.01. The summed E-state index contributed by atoms with van der Waals surface area (Å²) in [5, 5.41) is 0. The molecule has 1 fully saturated rings. The van der Waals surface area contributed by atoms with Crippen molar-refractivity contribution in [3.63, 3.8) is 0 Å². The van der Waals surface area contributed by atoms with Crippen LogP contribution >= 0.6 is 11.8 Å². The van der Waals surface area contributed by atoms with Crippen LogP contribution in [0.3, 0.4) is 0 Å². The summed E-state index contributed by atoms with van der Waals surface area (Å²) in [7, 11) is 2.26. The van der Waals surface area contributed by atoms with Gasteiger partial charge in [-0.2, -0.15) is 11.8 Å². The van der Waals surface area contributed by atoms with Gasteiger partial charge in [0.05, 0.1) is 0 Å². The van der Waals surface area contributed by atoms with Gasteiger partial charge in [-0.05, 0) is 50.9 Å². The van der Waals surface area contributed by atoms with E-state index in [-0.39, 0.29) is 0 Å². The monoisotopic (exact) mass is 258 g/mol. The lowest BCUT2D eigenvalue weighted by molar-refractivity contribution is 0.0885. The van der Waals surface area contributed by atoms with Crippen LogP contribution in [0.1, 0.15) is 39.5 Å². The summed E-state index contributed by atoms with van der Waals surface area (Å²) < 4.78 is 0. The maximum Gasteiger partial charge on any atom is 0.0155 e. The summed E-state index contributed by atoms with van der Waals surface area (Å²) in [6.45, 7) is 6.74. The standard InChI is InChI=1S/C14H30N2S/c1-12-6-5-7-14(8-12,10-15)11-16(3)13(2)9-17-4/h12-13H,5-11,15H2,1-4H3. The summed E-state index contributed by atoms with van der Waals surface area (Å²) in [4.78, 5) is 2.52. The topological polar surface area (TPSA) is 29.3 Å². The smallest absolute Gasteiger partial charge is 0.0155 e. The number of hydrogen-bond donors (Lipinski definition) is 1. The van der Waals surface area contributed by atoms with E-state index in [1.54, 1.807) is 0 Å². The summed E-state index contributed by atoms with van der Waals surface area (Å²) in [6, 6.07) is 0.658. The van der Waals surface area contributed by atoms with E-state index in [9.17, 15) is 0 Å². The molecule has 3 heteroatoms. The molecule has 1 rings (SSSR count). The lowest BCUT2D eigenvalue weighted by atomic mass is 9.69. The molecule has 0 aliphatic heterocycles. The van der Waals surface area contributed by atoms with Crippen LogP contribution < -0.4 is 5.73 Å². The van der Waals surface area contributed by atoms with E-state index < -0.39 is 0 Å². The van der Waals surface area contributed by atoms with Crippen molar-refractivity contribution in [1.29, 1.82) is 0 Å². The lowest BCUT2D eigenvalue weighted by Crippen LogP contribution is -2.47. The van der Waals surface area contributed by atoms with Gasteiger partial charge in [0.1, 0.15) is 0 Å². The first kappa shape index (κ1) is 15.3. The normalized spacial score (nSPS) is 31.8. The van der Waals surface area contributed by atoms with Crippen molar-refractivity contribution in [2.24, 2.45) is 17.1 Å². The van der Waals surface area contributed by atoms with Crippen LogP contribution in [0.15, 0.2) is 0 Å². The van der Waals surface area contributed by atoms with Crippen LogP contribution in [0.2, 0.25) is 0 Å². The van der Waals surface area contributed by atoms with Gasteiger partial charge in [-0.15, -0.1) is 0 Å². The van der Waals surface area contributed by atoms with Crippen LogP contribution in [-0.2, 0) is 0 Å². The number of nitrogens with zero attached hydrogens (tertiary/aromatic N) is 1. The van der Waals surface area contributed by atoms with Crippen LogP contribution in [0, 0.1) is 11.3 Å². The van der Waals surface area contributed by atoms with Crippen molar-refractivity contribution in [3.8, 4) is 0 Å². The molecule has 2 N–H and O–H groups in total. The van der Waals surface area contributed by atoms with Crippen molar-refractivity contribution in [2.75, 3.05) is 32.1 Å². The summed E-state index contributed by atoms with van der Waals surface area (Å²) in [5.74, 6) is 2.07. The first-order chi connectivity index (χ1) is 8.03. The highest BCUT2D eigenvalue weighted by Gasteiger charge is 2.35. The number of rotatable bonds is 6. The highest BCUT2D eigenvalue weighted by molar-refractivity contribution is 7.98. The van der Waals surface area contributed by atoms with Gasteiger partial charge in [-0.1, -0.05) is 19.8 Å². The van der Waals surface area contributed by atoms with Crippen molar-refractivity contribution >= 4 is 11.8 Å². The molecule has 3 atom stereocenters. The van der Waals surface area contributed by atoms with Crippen molar-refractivity contribution in [1.82, 2.24) is 4.90 Å². The molecule has 1 aliphatic carbocycles. The average molecular weight is 258 g/mol. The number of thioether (sulfide) groups is 1. The minimum absolute atomic E-state index is 0.388. The van der Waals surface area contributed by atoms with Crippen molar-refractivity contribution < 1.29 is 0 Å². The third-order valence-electron chi connectivity index (χ3n) is 4.36. The molecule has 0 radical (unpaired) electrons. The zero-order chi connectivity index (χ0) is 12.9. The minimum atomic E-state index is 0.388. The summed E-state index contributed by atoms with van der Waals surface area (Å²) in [5.41, 5.74) is 6.48.